The van der Waals surface area contributed by atoms with Crippen LogP contribution in [0.25, 0.3) is 10.9 Å². The van der Waals surface area contributed by atoms with Crippen molar-refractivity contribution in [3.63, 3.8) is 0 Å². The Labute approximate surface area is 153 Å². The summed E-state index contributed by atoms with van der Waals surface area (Å²) in [6.45, 7) is 8.67. The van der Waals surface area contributed by atoms with Gasteiger partial charge in [-0.3, -0.25) is 9.89 Å². The molecular formula is C19H26N4O3. The minimum absolute atomic E-state index is 0.0577. The first kappa shape index (κ1) is 18.2. The Hall–Kier alpha value is -2.57. The number of benzene rings is 1. The Morgan fingerprint density at radius 3 is 2.62 bits per heavy atom. The molecule has 0 atom stereocenters. The van der Waals surface area contributed by atoms with Gasteiger partial charge < -0.3 is 15.0 Å². The highest BCUT2D eigenvalue weighted by Gasteiger charge is 2.27. The molecule has 0 spiro atoms. The molecule has 140 valence electrons. The molecule has 0 unspecified atom stereocenters. The standard InChI is InChI=1S/C19H26N4O3/c1-12-15-11-13(5-6-16(15)22-21-12)17(24)20-14-7-9-23(10-8-14)18(25)26-19(2,3)4/h5-6,11,14H,7-10H2,1-4H3,(H,20,24)(H,21,22). The van der Waals surface area contributed by atoms with Crippen molar-refractivity contribution in [3.8, 4) is 0 Å². The number of H-pyrrole nitrogens is 1. The van der Waals surface area contributed by atoms with E-state index in [1.807, 2.05) is 39.8 Å². The van der Waals surface area contributed by atoms with E-state index in [4.69, 9.17) is 4.74 Å². The zero-order valence-corrected chi connectivity index (χ0v) is 15.8. The van der Waals surface area contributed by atoms with Gasteiger partial charge in [0.2, 0.25) is 0 Å². The lowest BCUT2D eigenvalue weighted by Crippen LogP contribution is -2.47. The number of carbonyl (C=O) groups excluding carboxylic acids is 2. The van der Waals surface area contributed by atoms with Crippen LogP contribution in [-0.2, 0) is 4.74 Å². The van der Waals surface area contributed by atoms with E-state index in [0.717, 1.165) is 29.4 Å². The third-order valence-electron chi connectivity index (χ3n) is 4.49. The average Bonchev–Trinajstić information content (AvgIpc) is 2.94. The van der Waals surface area contributed by atoms with Gasteiger partial charge in [0.15, 0.2) is 0 Å². The quantitative estimate of drug-likeness (QED) is 0.864. The molecule has 1 aliphatic heterocycles. The number of aromatic nitrogens is 2. The van der Waals surface area contributed by atoms with Gasteiger partial charge in [-0.1, -0.05) is 0 Å². The number of likely N-dealkylation sites (tertiary alicyclic amines) is 1. The largest absolute Gasteiger partial charge is 0.444 e. The molecule has 0 saturated carbocycles. The van der Waals surface area contributed by atoms with E-state index in [1.165, 1.54) is 0 Å². The number of aromatic amines is 1. The third kappa shape index (κ3) is 4.15. The first-order valence-corrected chi connectivity index (χ1v) is 8.96. The van der Waals surface area contributed by atoms with E-state index in [1.54, 1.807) is 11.0 Å². The van der Waals surface area contributed by atoms with Gasteiger partial charge in [0.05, 0.1) is 5.52 Å². The van der Waals surface area contributed by atoms with E-state index in [-0.39, 0.29) is 18.0 Å². The summed E-state index contributed by atoms with van der Waals surface area (Å²) < 4.78 is 5.40. The van der Waals surface area contributed by atoms with Gasteiger partial charge in [-0.25, -0.2) is 4.79 Å². The second kappa shape index (κ2) is 6.97. The molecule has 7 heteroatoms. The van der Waals surface area contributed by atoms with Gasteiger partial charge >= 0.3 is 6.09 Å². The van der Waals surface area contributed by atoms with Crippen molar-refractivity contribution in [2.45, 2.75) is 52.2 Å². The lowest BCUT2D eigenvalue weighted by Gasteiger charge is -2.33. The number of fused-ring (bicyclic) bond motifs is 1. The fourth-order valence-corrected chi connectivity index (χ4v) is 3.08. The van der Waals surface area contributed by atoms with Gasteiger partial charge in [-0.05, 0) is 58.7 Å². The lowest BCUT2D eigenvalue weighted by atomic mass is 10.0. The number of aryl methyl sites for hydroxylation is 1. The Balaban J connectivity index is 1.56. The maximum atomic E-state index is 12.5. The number of hydrogen-bond donors (Lipinski definition) is 2. The number of nitrogens with zero attached hydrogens (tertiary/aromatic N) is 2. The van der Waals surface area contributed by atoms with Gasteiger partial charge in [0.25, 0.3) is 5.91 Å². The fourth-order valence-electron chi connectivity index (χ4n) is 3.08. The number of amides is 2. The highest BCUT2D eigenvalue weighted by atomic mass is 16.6. The molecule has 7 nitrogen and oxygen atoms in total. The van der Waals surface area contributed by atoms with Crippen LogP contribution < -0.4 is 5.32 Å². The summed E-state index contributed by atoms with van der Waals surface area (Å²) in [4.78, 5) is 26.4. The molecule has 2 amide bonds. The fraction of sp³-hybridized carbons (Fsp3) is 0.526. The Morgan fingerprint density at radius 2 is 1.96 bits per heavy atom. The number of rotatable bonds is 2. The summed E-state index contributed by atoms with van der Waals surface area (Å²) in [5.74, 6) is -0.0942. The first-order valence-electron chi connectivity index (χ1n) is 8.96. The maximum Gasteiger partial charge on any atom is 0.410 e. The van der Waals surface area contributed by atoms with Crippen LogP contribution in [0, 0.1) is 6.92 Å². The van der Waals surface area contributed by atoms with Crippen LogP contribution >= 0.6 is 0 Å². The van der Waals surface area contributed by atoms with E-state index in [2.05, 4.69) is 15.5 Å². The Morgan fingerprint density at radius 1 is 1.27 bits per heavy atom. The summed E-state index contributed by atoms with van der Waals surface area (Å²) in [6.07, 6.45) is 1.15. The van der Waals surface area contributed by atoms with Crippen molar-refractivity contribution in [1.29, 1.82) is 0 Å². The van der Waals surface area contributed by atoms with Gasteiger partial charge in [0.1, 0.15) is 5.60 Å². The monoisotopic (exact) mass is 358 g/mol. The lowest BCUT2D eigenvalue weighted by molar-refractivity contribution is 0.0199. The summed E-state index contributed by atoms with van der Waals surface area (Å²) >= 11 is 0. The van der Waals surface area contributed by atoms with Gasteiger partial charge in [-0.2, -0.15) is 5.10 Å². The second-order valence-corrected chi connectivity index (χ2v) is 7.80. The molecule has 3 rings (SSSR count). The molecule has 1 fully saturated rings. The van der Waals surface area contributed by atoms with E-state index in [0.29, 0.717) is 18.7 Å². The van der Waals surface area contributed by atoms with Crippen molar-refractivity contribution in [1.82, 2.24) is 20.4 Å². The summed E-state index contributed by atoms with van der Waals surface area (Å²) in [5, 5.41) is 11.1. The van der Waals surface area contributed by atoms with Crippen LogP contribution in [0.5, 0.6) is 0 Å². The summed E-state index contributed by atoms with van der Waals surface area (Å²) in [5.41, 5.74) is 1.92. The predicted octanol–water partition coefficient (Wildman–Crippen LogP) is 3.00. The van der Waals surface area contributed by atoms with Crippen LogP contribution in [0.2, 0.25) is 0 Å². The smallest absolute Gasteiger partial charge is 0.410 e. The van der Waals surface area contributed by atoms with Gasteiger partial charge in [-0.15, -0.1) is 0 Å². The molecule has 2 heterocycles. The minimum Gasteiger partial charge on any atom is -0.444 e. The van der Waals surface area contributed by atoms with Crippen molar-refractivity contribution in [3.05, 3.63) is 29.5 Å². The molecule has 1 aliphatic rings. The molecule has 1 aromatic heterocycles. The number of ether oxygens (including phenoxy) is 1. The minimum atomic E-state index is -0.494. The third-order valence-corrected chi connectivity index (χ3v) is 4.49. The molecule has 2 aromatic rings. The zero-order valence-electron chi connectivity index (χ0n) is 15.8. The van der Waals surface area contributed by atoms with Crippen molar-refractivity contribution >= 4 is 22.9 Å². The topological polar surface area (TPSA) is 87.3 Å². The number of piperidine rings is 1. The molecule has 1 saturated heterocycles. The molecule has 2 N–H and O–H groups in total. The van der Waals surface area contributed by atoms with Crippen LogP contribution in [0.1, 0.15) is 49.7 Å². The second-order valence-electron chi connectivity index (χ2n) is 7.80. The van der Waals surface area contributed by atoms with Crippen LogP contribution in [0.4, 0.5) is 4.79 Å². The van der Waals surface area contributed by atoms with Crippen molar-refractivity contribution < 1.29 is 14.3 Å². The molecule has 1 aromatic carbocycles. The van der Waals surface area contributed by atoms with Crippen molar-refractivity contribution in [2.24, 2.45) is 0 Å². The maximum absolute atomic E-state index is 12.5. The number of hydrogen-bond acceptors (Lipinski definition) is 4. The highest BCUT2D eigenvalue weighted by molar-refractivity contribution is 5.98. The SMILES string of the molecule is Cc1[nH]nc2ccc(C(=O)NC3CCN(C(=O)OC(C)(C)C)CC3)cc12. The molecule has 26 heavy (non-hydrogen) atoms. The molecular weight excluding hydrogens is 332 g/mol. The Bertz CT molecular complexity index is 814. The van der Waals surface area contributed by atoms with Crippen LogP contribution in [0.15, 0.2) is 18.2 Å². The number of nitrogens with one attached hydrogen (secondary N) is 2. The van der Waals surface area contributed by atoms with E-state index in [9.17, 15) is 9.59 Å². The van der Waals surface area contributed by atoms with E-state index < -0.39 is 5.60 Å². The predicted molar refractivity (Wildman–Crippen MR) is 99.1 cm³/mol. The highest BCUT2D eigenvalue weighted by Crippen LogP contribution is 2.19. The van der Waals surface area contributed by atoms with Crippen LogP contribution in [0.3, 0.4) is 0 Å². The van der Waals surface area contributed by atoms with Crippen molar-refractivity contribution in [2.75, 3.05) is 13.1 Å². The molecule has 0 aliphatic carbocycles. The number of carbonyl (C=O) groups is 2. The first-order chi connectivity index (χ1) is 12.2. The van der Waals surface area contributed by atoms with Gasteiger partial charge in [0, 0.05) is 35.8 Å². The Kier molecular flexibility index (Phi) is 4.89. The normalized spacial score (nSPS) is 15.9. The summed E-state index contributed by atoms with van der Waals surface area (Å²) in [7, 11) is 0. The molecule has 0 bridgehead atoms. The summed E-state index contributed by atoms with van der Waals surface area (Å²) in [6, 6.07) is 5.55. The van der Waals surface area contributed by atoms with E-state index >= 15 is 0 Å². The average molecular weight is 358 g/mol. The van der Waals surface area contributed by atoms with Crippen LogP contribution in [-0.4, -0.2) is 51.8 Å². The molecule has 0 radical (unpaired) electrons. The zero-order chi connectivity index (χ0) is 18.9.